The van der Waals surface area contributed by atoms with E-state index in [4.69, 9.17) is 21.3 Å². The second-order valence-corrected chi connectivity index (χ2v) is 9.78. The van der Waals surface area contributed by atoms with Gasteiger partial charge in [0.2, 0.25) is 5.95 Å². The molecule has 0 aliphatic carbocycles. The van der Waals surface area contributed by atoms with Crippen molar-refractivity contribution in [1.82, 2.24) is 14.9 Å². The summed E-state index contributed by atoms with van der Waals surface area (Å²) in [5, 5.41) is 3.69. The van der Waals surface area contributed by atoms with E-state index in [-0.39, 0.29) is 12.1 Å². The number of rotatable bonds is 5. The predicted octanol–water partition coefficient (Wildman–Crippen LogP) is 5.62. The highest BCUT2D eigenvalue weighted by Gasteiger charge is 2.28. The van der Waals surface area contributed by atoms with Gasteiger partial charge in [0.15, 0.2) is 0 Å². The molecule has 1 aliphatic rings. The summed E-state index contributed by atoms with van der Waals surface area (Å²) >= 11 is 6.24. The number of imidazole rings is 1. The smallest absolute Gasteiger partial charge is 0.407 e. The number of amides is 1. The van der Waals surface area contributed by atoms with E-state index < -0.39 is 5.60 Å². The highest BCUT2D eigenvalue weighted by atomic mass is 35.5. The Morgan fingerprint density at radius 3 is 2.78 bits per heavy atom. The lowest BCUT2D eigenvalue weighted by molar-refractivity contribution is 0.0522. The van der Waals surface area contributed by atoms with Gasteiger partial charge in [-0.2, -0.15) is 0 Å². The minimum absolute atomic E-state index is 0.159. The fraction of sp³-hybridized carbons (Fsp3) is 0.440. The minimum atomic E-state index is -0.513. The summed E-state index contributed by atoms with van der Waals surface area (Å²) in [5.41, 5.74) is 2.67. The summed E-state index contributed by atoms with van der Waals surface area (Å²) < 4.78 is 7.69. The Hall–Kier alpha value is -2.73. The van der Waals surface area contributed by atoms with E-state index in [1.807, 2.05) is 57.2 Å². The fourth-order valence-corrected chi connectivity index (χ4v) is 4.46. The molecule has 0 saturated carbocycles. The van der Waals surface area contributed by atoms with Gasteiger partial charge in [-0.3, -0.25) is 0 Å². The number of hydrogen-bond acceptors (Lipinski definition) is 4. The number of para-hydroxylation sites is 2. The molecule has 170 valence electrons. The van der Waals surface area contributed by atoms with Gasteiger partial charge in [0.05, 0.1) is 17.6 Å². The van der Waals surface area contributed by atoms with Crippen LogP contribution in [0.4, 0.5) is 10.7 Å². The van der Waals surface area contributed by atoms with Crippen LogP contribution in [-0.4, -0.2) is 40.4 Å². The highest BCUT2D eigenvalue weighted by molar-refractivity contribution is 6.30. The zero-order valence-electron chi connectivity index (χ0n) is 19.0. The molecule has 1 atom stereocenters. The minimum Gasteiger partial charge on any atom is -0.444 e. The number of carbonyl (C=O) groups is 1. The van der Waals surface area contributed by atoms with Crippen LogP contribution in [0.15, 0.2) is 48.5 Å². The average molecular weight is 455 g/mol. The van der Waals surface area contributed by atoms with Gasteiger partial charge >= 0.3 is 6.09 Å². The number of aromatic nitrogens is 2. The summed E-state index contributed by atoms with van der Waals surface area (Å²) in [6.07, 6.45) is 2.85. The van der Waals surface area contributed by atoms with E-state index in [1.165, 1.54) is 0 Å². The molecule has 1 amide bonds. The number of benzene rings is 2. The van der Waals surface area contributed by atoms with Crippen molar-refractivity contribution >= 4 is 34.7 Å². The Labute approximate surface area is 194 Å². The first-order valence-electron chi connectivity index (χ1n) is 11.2. The number of fused-ring (bicyclic) bond motifs is 1. The number of nitrogens with zero attached hydrogens (tertiary/aromatic N) is 3. The molecule has 2 aromatic carbocycles. The Morgan fingerprint density at radius 1 is 1.19 bits per heavy atom. The number of carbonyl (C=O) groups excluding carboxylic acids is 1. The van der Waals surface area contributed by atoms with Crippen LogP contribution in [0.1, 0.15) is 45.6 Å². The molecule has 1 saturated heterocycles. The number of hydrogen-bond donors (Lipinski definition) is 1. The average Bonchev–Trinajstić information content (AvgIpc) is 3.09. The largest absolute Gasteiger partial charge is 0.444 e. The van der Waals surface area contributed by atoms with Crippen LogP contribution >= 0.6 is 11.6 Å². The SMILES string of the molecule is CC(C)(C)OC(=O)NC[C@H]1CCCCN1c1nc2ccccc2n1Cc1cccc(Cl)c1. The quantitative estimate of drug-likeness (QED) is 0.543. The van der Waals surface area contributed by atoms with Crippen molar-refractivity contribution in [2.24, 2.45) is 0 Å². The zero-order valence-corrected chi connectivity index (χ0v) is 19.7. The third kappa shape index (κ3) is 5.36. The molecule has 7 heteroatoms. The van der Waals surface area contributed by atoms with Gasteiger partial charge < -0.3 is 19.5 Å². The van der Waals surface area contributed by atoms with Crippen molar-refractivity contribution in [3.63, 3.8) is 0 Å². The summed E-state index contributed by atoms with van der Waals surface area (Å²) in [4.78, 5) is 19.6. The molecule has 0 bridgehead atoms. The van der Waals surface area contributed by atoms with E-state index in [9.17, 15) is 4.79 Å². The first kappa shape index (κ1) is 22.5. The molecule has 1 aliphatic heterocycles. The third-order valence-corrected chi connectivity index (χ3v) is 5.86. The zero-order chi connectivity index (χ0) is 22.7. The highest BCUT2D eigenvalue weighted by Crippen LogP contribution is 2.29. The van der Waals surface area contributed by atoms with Crippen molar-refractivity contribution in [1.29, 1.82) is 0 Å². The Balaban J connectivity index is 1.62. The van der Waals surface area contributed by atoms with Crippen LogP contribution in [-0.2, 0) is 11.3 Å². The first-order chi connectivity index (χ1) is 15.3. The van der Waals surface area contributed by atoms with Crippen LogP contribution in [0.5, 0.6) is 0 Å². The standard InChI is InChI=1S/C25H31ClN4O2/c1-25(2,3)32-24(31)27-16-20-11-6-7-14-29(20)23-28-21-12-4-5-13-22(21)30(23)17-18-9-8-10-19(26)15-18/h4-5,8-10,12-13,15,20H,6-7,11,14,16-17H2,1-3H3,(H,27,31)/t20-/m1/s1. The molecular formula is C25H31ClN4O2. The molecule has 0 spiro atoms. The van der Waals surface area contributed by atoms with Gasteiger partial charge in [0, 0.05) is 24.2 Å². The predicted molar refractivity (Wildman–Crippen MR) is 130 cm³/mol. The topological polar surface area (TPSA) is 59.4 Å². The number of halogens is 1. The number of alkyl carbamates (subject to hydrolysis) is 1. The Bertz CT molecular complexity index is 1090. The van der Waals surface area contributed by atoms with E-state index in [0.717, 1.165) is 53.4 Å². The van der Waals surface area contributed by atoms with Gasteiger partial charge in [-0.05, 0) is 69.9 Å². The normalized spacial score (nSPS) is 16.9. The van der Waals surface area contributed by atoms with Crippen molar-refractivity contribution < 1.29 is 9.53 Å². The molecule has 2 heterocycles. The number of ether oxygens (including phenoxy) is 1. The molecular weight excluding hydrogens is 424 g/mol. The summed E-state index contributed by atoms with van der Waals surface area (Å²) in [5.74, 6) is 0.932. The lowest BCUT2D eigenvalue weighted by Gasteiger charge is -2.37. The summed E-state index contributed by atoms with van der Waals surface area (Å²) in [7, 11) is 0. The van der Waals surface area contributed by atoms with Gasteiger partial charge in [0.1, 0.15) is 5.60 Å². The molecule has 0 unspecified atom stereocenters. The molecule has 32 heavy (non-hydrogen) atoms. The molecule has 4 rings (SSSR count). The van der Waals surface area contributed by atoms with Crippen LogP contribution in [0, 0.1) is 0 Å². The van der Waals surface area contributed by atoms with Crippen molar-refractivity contribution in [2.75, 3.05) is 18.0 Å². The van der Waals surface area contributed by atoms with E-state index in [0.29, 0.717) is 13.1 Å². The van der Waals surface area contributed by atoms with Crippen molar-refractivity contribution in [3.8, 4) is 0 Å². The van der Waals surface area contributed by atoms with Crippen LogP contribution in [0.3, 0.4) is 0 Å². The first-order valence-corrected chi connectivity index (χ1v) is 11.6. The van der Waals surface area contributed by atoms with Crippen LogP contribution in [0.25, 0.3) is 11.0 Å². The summed E-state index contributed by atoms with van der Waals surface area (Å²) in [6, 6.07) is 16.3. The molecule has 1 N–H and O–H groups in total. The monoisotopic (exact) mass is 454 g/mol. The van der Waals surface area contributed by atoms with E-state index in [2.05, 4.69) is 26.9 Å². The second-order valence-electron chi connectivity index (χ2n) is 9.34. The summed E-state index contributed by atoms with van der Waals surface area (Å²) in [6.45, 7) is 7.72. The van der Waals surface area contributed by atoms with E-state index >= 15 is 0 Å². The van der Waals surface area contributed by atoms with Crippen molar-refractivity contribution in [2.45, 2.75) is 58.2 Å². The molecule has 3 aromatic rings. The maximum Gasteiger partial charge on any atom is 0.407 e. The van der Waals surface area contributed by atoms with E-state index in [1.54, 1.807) is 0 Å². The van der Waals surface area contributed by atoms with Crippen LogP contribution < -0.4 is 10.2 Å². The van der Waals surface area contributed by atoms with Gasteiger partial charge in [-0.1, -0.05) is 35.9 Å². The van der Waals surface area contributed by atoms with Crippen LogP contribution in [0.2, 0.25) is 5.02 Å². The maximum atomic E-state index is 12.2. The van der Waals surface area contributed by atoms with Gasteiger partial charge in [-0.15, -0.1) is 0 Å². The molecule has 1 aromatic heterocycles. The second kappa shape index (κ2) is 9.41. The molecule has 6 nitrogen and oxygen atoms in total. The lowest BCUT2D eigenvalue weighted by atomic mass is 10.0. The third-order valence-electron chi connectivity index (χ3n) is 5.63. The Kier molecular flexibility index (Phi) is 6.60. The molecule has 0 radical (unpaired) electrons. The van der Waals surface area contributed by atoms with Crippen molar-refractivity contribution in [3.05, 3.63) is 59.1 Å². The Morgan fingerprint density at radius 2 is 2.00 bits per heavy atom. The number of nitrogens with one attached hydrogen (secondary N) is 1. The number of anilines is 1. The lowest BCUT2D eigenvalue weighted by Crippen LogP contribution is -2.48. The molecule has 1 fully saturated rings. The fourth-order valence-electron chi connectivity index (χ4n) is 4.25. The number of piperidine rings is 1. The van der Waals surface area contributed by atoms with Gasteiger partial charge in [-0.25, -0.2) is 9.78 Å². The maximum absolute atomic E-state index is 12.2. The van der Waals surface area contributed by atoms with Gasteiger partial charge in [0.25, 0.3) is 0 Å².